The second-order valence-electron chi connectivity index (χ2n) is 6.03. The van der Waals surface area contributed by atoms with Crippen molar-refractivity contribution in [3.8, 4) is 34.2 Å². The van der Waals surface area contributed by atoms with E-state index in [2.05, 4.69) is 27.0 Å². The molecule has 0 aliphatic carbocycles. The fourth-order valence-corrected chi connectivity index (χ4v) is 3.93. The molecule has 0 fully saturated rings. The smallest absolute Gasteiger partial charge is 0.142 e. The summed E-state index contributed by atoms with van der Waals surface area (Å²) in [6, 6.07) is 13.0. The van der Waals surface area contributed by atoms with E-state index < -0.39 is 0 Å². The Labute approximate surface area is 182 Å². The second kappa shape index (κ2) is 8.40. The molecule has 7 heteroatoms. The van der Waals surface area contributed by atoms with Crippen LogP contribution in [0.5, 0.6) is 5.75 Å². The van der Waals surface area contributed by atoms with Crippen molar-refractivity contribution in [1.29, 1.82) is 5.26 Å². The molecule has 1 heterocycles. The van der Waals surface area contributed by atoms with Gasteiger partial charge < -0.3 is 10.5 Å². The van der Waals surface area contributed by atoms with Gasteiger partial charge in [0.05, 0.1) is 17.3 Å². The predicted molar refractivity (Wildman–Crippen MR) is 118 cm³/mol. The van der Waals surface area contributed by atoms with Crippen LogP contribution >= 0.6 is 39.1 Å². The average molecular weight is 477 g/mol. The Balaban J connectivity index is 2.38. The lowest BCUT2D eigenvalue weighted by molar-refractivity contribution is 0.341. The number of nitrogens with zero attached hydrogens (tertiary/aromatic N) is 2. The van der Waals surface area contributed by atoms with E-state index in [0.29, 0.717) is 44.8 Å². The number of rotatable bonds is 4. The SMILES string of the molecule is CCOc1ccc(Br)cc1-c1c(C)c(-c2ccc(Cl)cc2Cl)nc(N)c1C#N. The van der Waals surface area contributed by atoms with Gasteiger partial charge in [-0.3, -0.25) is 0 Å². The molecule has 142 valence electrons. The molecular formula is C21H16BrCl2N3O. The predicted octanol–water partition coefficient (Wildman–Crippen LogP) is 6.65. The quantitative estimate of drug-likeness (QED) is 0.457. The molecular weight excluding hydrogens is 461 g/mol. The normalized spacial score (nSPS) is 10.6. The van der Waals surface area contributed by atoms with E-state index in [9.17, 15) is 5.26 Å². The van der Waals surface area contributed by atoms with Crippen molar-refractivity contribution in [2.45, 2.75) is 13.8 Å². The van der Waals surface area contributed by atoms with Crippen LogP contribution < -0.4 is 10.5 Å². The van der Waals surface area contributed by atoms with Crippen molar-refractivity contribution in [2.75, 3.05) is 12.3 Å². The van der Waals surface area contributed by atoms with Gasteiger partial charge in [0.1, 0.15) is 23.2 Å². The van der Waals surface area contributed by atoms with E-state index in [1.54, 1.807) is 18.2 Å². The highest BCUT2D eigenvalue weighted by Gasteiger charge is 2.22. The molecule has 3 aromatic rings. The standard InChI is InChI=1S/C21H16BrCl2N3O/c1-3-28-18-7-4-12(22)8-15(18)19-11(2)20(27-21(26)16(19)10-25)14-6-5-13(23)9-17(14)24/h4-9H,3H2,1-2H3,(H2,26,27). The number of anilines is 1. The van der Waals surface area contributed by atoms with E-state index in [0.717, 1.165) is 15.6 Å². The molecule has 0 aliphatic heterocycles. The third-order valence-corrected chi connectivity index (χ3v) is 5.32. The third-order valence-electron chi connectivity index (χ3n) is 4.28. The third kappa shape index (κ3) is 3.81. The molecule has 1 aromatic heterocycles. The Bertz CT molecular complexity index is 1110. The lowest BCUT2D eigenvalue weighted by Crippen LogP contribution is -2.05. The molecule has 3 rings (SSSR count). The van der Waals surface area contributed by atoms with Gasteiger partial charge in [-0.05, 0) is 55.8 Å². The number of nitrogens with two attached hydrogens (primary N) is 1. The molecule has 28 heavy (non-hydrogen) atoms. The maximum Gasteiger partial charge on any atom is 0.142 e. The summed E-state index contributed by atoms with van der Waals surface area (Å²) in [5, 5.41) is 10.7. The number of hydrogen-bond donors (Lipinski definition) is 1. The first-order valence-electron chi connectivity index (χ1n) is 8.45. The van der Waals surface area contributed by atoms with Gasteiger partial charge in [-0.25, -0.2) is 4.98 Å². The van der Waals surface area contributed by atoms with Crippen LogP contribution in [-0.4, -0.2) is 11.6 Å². The van der Waals surface area contributed by atoms with Gasteiger partial charge in [-0.2, -0.15) is 5.26 Å². The highest BCUT2D eigenvalue weighted by Crippen LogP contribution is 2.42. The summed E-state index contributed by atoms with van der Waals surface area (Å²) in [4.78, 5) is 4.46. The van der Waals surface area contributed by atoms with Gasteiger partial charge in [0.2, 0.25) is 0 Å². The molecule has 2 N–H and O–H groups in total. The first-order chi connectivity index (χ1) is 13.4. The van der Waals surface area contributed by atoms with E-state index in [-0.39, 0.29) is 5.82 Å². The maximum atomic E-state index is 9.76. The van der Waals surface area contributed by atoms with Crippen LogP contribution in [0.15, 0.2) is 40.9 Å². The van der Waals surface area contributed by atoms with Crippen LogP contribution in [0.1, 0.15) is 18.1 Å². The van der Waals surface area contributed by atoms with E-state index in [1.807, 2.05) is 32.0 Å². The van der Waals surface area contributed by atoms with E-state index in [4.69, 9.17) is 33.7 Å². The molecule has 2 aromatic carbocycles. The minimum atomic E-state index is 0.131. The summed E-state index contributed by atoms with van der Waals surface area (Å²) >= 11 is 15.9. The number of pyridine rings is 1. The van der Waals surface area contributed by atoms with Crippen molar-refractivity contribution in [3.05, 3.63) is 62.0 Å². The second-order valence-corrected chi connectivity index (χ2v) is 7.79. The number of halogens is 3. The maximum absolute atomic E-state index is 9.76. The summed E-state index contributed by atoms with van der Waals surface area (Å²) in [6.07, 6.45) is 0. The van der Waals surface area contributed by atoms with Crippen LogP contribution in [-0.2, 0) is 0 Å². The zero-order valence-electron chi connectivity index (χ0n) is 15.2. The largest absolute Gasteiger partial charge is 0.493 e. The van der Waals surface area contributed by atoms with Crippen molar-refractivity contribution < 1.29 is 4.74 Å². The highest BCUT2D eigenvalue weighted by atomic mass is 79.9. The molecule has 0 atom stereocenters. The Morgan fingerprint density at radius 3 is 2.57 bits per heavy atom. The van der Waals surface area contributed by atoms with Crippen molar-refractivity contribution in [2.24, 2.45) is 0 Å². The van der Waals surface area contributed by atoms with Gasteiger partial charge in [-0.15, -0.1) is 0 Å². The van der Waals surface area contributed by atoms with Crippen LogP contribution in [0.25, 0.3) is 22.4 Å². The van der Waals surface area contributed by atoms with Gasteiger partial charge in [0, 0.05) is 26.2 Å². The Morgan fingerprint density at radius 1 is 1.18 bits per heavy atom. The lowest BCUT2D eigenvalue weighted by Gasteiger charge is -2.18. The number of ether oxygens (including phenoxy) is 1. The summed E-state index contributed by atoms with van der Waals surface area (Å²) < 4.78 is 6.65. The monoisotopic (exact) mass is 475 g/mol. The van der Waals surface area contributed by atoms with Crippen molar-refractivity contribution in [1.82, 2.24) is 4.98 Å². The van der Waals surface area contributed by atoms with Crippen molar-refractivity contribution in [3.63, 3.8) is 0 Å². The molecule has 0 spiro atoms. The molecule has 0 unspecified atom stereocenters. The van der Waals surface area contributed by atoms with Gasteiger partial charge >= 0.3 is 0 Å². The first-order valence-corrected chi connectivity index (χ1v) is 10.0. The average Bonchev–Trinajstić information content (AvgIpc) is 2.65. The minimum absolute atomic E-state index is 0.131. The van der Waals surface area contributed by atoms with Crippen LogP contribution in [0.2, 0.25) is 10.0 Å². The summed E-state index contributed by atoms with van der Waals surface area (Å²) in [5.74, 6) is 0.788. The molecule has 0 bridgehead atoms. The van der Waals surface area contributed by atoms with Crippen LogP contribution in [0.3, 0.4) is 0 Å². The number of benzene rings is 2. The lowest BCUT2D eigenvalue weighted by atomic mass is 9.92. The van der Waals surface area contributed by atoms with Gasteiger partial charge in [-0.1, -0.05) is 39.1 Å². The Hall–Kier alpha value is -2.26. The minimum Gasteiger partial charge on any atom is -0.493 e. The zero-order chi connectivity index (χ0) is 20.4. The molecule has 0 radical (unpaired) electrons. The highest BCUT2D eigenvalue weighted by molar-refractivity contribution is 9.10. The molecule has 4 nitrogen and oxygen atoms in total. The van der Waals surface area contributed by atoms with Crippen molar-refractivity contribution >= 4 is 44.9 Å². The number of aromatic nitrogens is 1. The first kappa shape index (κ1) is 20.5. The Morgan fingerprint density at radius 2 is 1.93 bits per heavy atom. The van der Waals surface area contributed by atoms with E-state index >= 15 is 0 Å². The molecule has 0 saturated heterocycles. The fourth-order valence-electron chi connectivity index (χ4n) is 3.07. The van der Waals surface area contributed by atoms with E-state index in [1.165, 1.54) is 0 Å². The summed E-state index contributed by atoms with van der Waals surface area (Å²) in [5.41, 5.74) is 9.94. The summed E-state index contributed by atoms with van der Waals surface area (Å²) in [6.45, 7) is 4.29. The number of nitriles is 1. The number of nitrogen functional groups attached to an aromatic ring is 1. The summed E-state index contributed by atoms with van der Waals surface area (Å²) in [7, 11) is 0. The topological polar surface area (TPSA) is 71.9 Å². The van der Waals surface area contributed by atoms with Gasteiger partial charge in [0.15, 0.2) is 0 Å². The number of hydrogen-bond acceptors (Lipinski definition) is 4. The fraction of sp³-hybridized carbons (Fsp3) is 0.143. The Kier molecular flexibility index (Phi) is 6.14. The zero-order valence-corrected chi connectivity index (χ0v) is 18.3. The van der Waals surface area contributed by atoms with Crippen LogP contribution in [0.4, 0.5) is 5.82 Å². The van der Waals surface area contributed by atoms with Gasteiger partial charge in [0.25, 0.3) is 0 Å². The molecule has 0 aliphatic rings. The van der Waals surface area contributed by atoms with Crippen LogP contribution in [0, 0.1) is 18.3 Å². The molecule has 0 amide bonds. The molecule has 0 saturated carbocycles.